The minimum Gasteiger partial charge on any atom is -0.327 e. The van der Waals surface area contributed by atoms with Crippen LogP contribution in [0.5, 0.6) is 0 Å². The van der Waals surface area contributed by atoms with Crippen LogP contribution in [0.15, 0.2) is 64.8 Å². The van der Waals surface area contributed by atoms with Gasteiger partial charge in [0.15, 0.2) is 0 Å². The summed E-state index contributed by atoms with van der Waals surface area (Å²) >= 11 is 1.44. The lowest BCUT2D eigenvalue weighted by molar-refractivity contribution is 0.0680. The Morgan fingerprint density at radius 3 is 2.55 bits per heavy atom. The molecule has 0 radical (unpaired) electrons. The number of rotatable bonds is 5. The first kappa shape index (κ1) is 19.0. The zero-order valence-corrected chi connectivity index (χ0v) is 16.9. The van der Waals surface area contributed by atoms with E-state index < -0.39 is 0 Å². The zero-order valence-electron chi connectivity index (χ0n) is 16.1. The van der Waals surface area contributed by atoms with E-state index in [-0.39, 0.29) is 24.1 Å². The summed E-state index contributed by atoms with van der Waals surface area (Å²) in [7, 11) is 0. The van der Waals surface area contributed by atoms with E-state index in [0.29, 0.717) is 22.4 Å². The van der Waals surface area contributed by atoms with Gasteiger partial charge in [0, 0.05) is 17.0 Å². The predicted molar refractivity (Wildman–Crippen MR) is 115 cm³/mol. The van der Waals surface area contributed by atoms with Crippen LogP contribution >= 0.6 is 11.3 Å². The number of hydrogen-bond acceptors (Lipinski definition) is 5. The lowest BCUT2D eigenvalue weighted by Crippen LogP contribution is -2.37. The molecule has 0 saturated carbocycles. The van der Waals surface area contributed by atoms with E-state index in [2.05, 4.69) is 15.0 Å². The normalized spacial score (nSPS) is 11.1. The zero-order chi connectivity index (χ0) is 20.4. The largest absolute Gasteiger partial charge is 0.327 e. The summed E-state index contributed by atoms with van der Waals surface area (Å²) in [5, 5.41) is 3.11. The molecule has 0 aliphatic carbocycles. The van der Waals surface area contributed by atoms with Crippen molar-refractivity contribution in [3.8, 4) is 10.6 Å². The lowest BCUT2D eigenvalue weighted by Gasteiger charge is -2.25. The maximum atomic E-state index is 13.1. The number of carbonyl (C=O) groups excluding carboxylic acids is 1. The van der Waals surface area contributed by atoms with Crippen molar-refractivity contribution in [1.82, 2.24) is 19.9 Å². The fourth-order valence-corrected chi connectivity index (χ4v) is 3.89. The first-order valence-electron chi connectivity index (χ1n) is 9.33. The third-order valence-corrected chi connectivity index (χ3v) is 5.50. The molecule has 4 aromatic rings. The van der Waals surface area contributed by atoms with E-state index in [9.17, 15) is 9.59 Å². The standard InChI is InChI=1S/C22H20N4O2S/c1-14(2)26(12-19-23-17-11-7-6-10-16(17)20(27)25-19)22(28)18-13-29-21(24-18)15-8-4-3-5-9-15/h3-11,13-14H,12H2,1-2H3,(H,23,25,27). The number of aromatic nitrogens is 3. The van der Waals surface area contributed by atoms with Gasteiger partial charge in [0.25, 0.3) is 11.5 Å². The number of thiazole rings is 1. The van der Waals surface area contributed by atoms with Crippen molar-refractivity contribution < 1.29 is 4.79 Å². The van der Waals surface area contributed by atoms with Gasteiger partial charge in [-0.1, -0.05) is 42.5 Å². The molecular formula is C22H20N4O2S. The summed E-state index contributed by atoms with van der Waals surface area (Å²) < 4.78 is 0. The molecular weight excluding hydrogens is 384 g/mol. The van der Waals surface area contributed by atoms with E-state index >= 15 is 0 Å². The molecule has 0 aliphatic heterocycles. The number of hydrogen-bond donors (Lipinski definition) is 1. The maximum Gasteiger partial charge on any atom is 0.273 e. The number of H-pyrrole nitrogens is 1. The fraction of sp³-hybridized carbons (Fsp3) is 0.182. The van der Waals surface area contributed by atoms with Gasteiger partial charge in [-0.25, -0.2) is 9.97 Å². The van der Waals surface area contributed by atoms with Crippen molar-refractivity contribution >= 4 is 28.1 Å². The van der Waals surface area contributed by atoms with E-state index in [0.717, 1.165) is 10.6 Å². The first-order valence-corrected chi connectivity index (χ1v) is 10.2. The summed E-state index contributed by atoms with van der Waals surface area (Å²) in [6, 6.07) is 16.9. The predicted octanol–water partition coefficient (Wildman–Crippen LogP) is 4.10. The number of aromatic amines is 1. The van der Waals surface area contributed by atoms with Gasteiger partial charge in [0.1, 0.15) is 16.5 Å². The van der Waals surface area contributed by atoms with Crippen molar-refractivity contribution in [2.45, 2.75) is 26.4 Å². The number of benzene rings is 2. The second kappa shape index (κ2) is 7.97. The van der Waals surface area contributed by atoms with Gasteiger partial charge in [0.2, 0.25) is 0 Å². The number of carbonyl (C=O) groups is 1. The Balaban J connectivity index is 1.62. The SMILES string of the molecule is CC(C)N(Cc1nc2ccccc2c(=O)[nH]1)C(=O)c1csc(-c2ccccc2)n1. The van der Waals surface area contributed by atoms with E-state index in [1.54, 1.807) is 28.5 Å². The van der Waals surface area contributed by atoms with Gasteiger partial charge < -0.3 is 9.88 Å². The Hall–Kier alpha value is -3.32. The maximum absolute atomic E-state index is 13.1. The molecule has 0 spiro atoms. The average Bonchev–Trinajstić information content (AvgIpc) is 3.22. The Morgan fingerprint density at radius 1 is 1.07 bits per heavy atom. The highest BCUT2D eigenvalue weighted by Gasteiger charge is 2.23. The quantitative estimate of drug-likeness (QED) is 0.543. The van der Waals surface area contributed by atoms with Gasteiger partial charge in [-0.15, -0.1) is 11.3 Å². The second-order valence-corrected chi connectivity index (χ2v) is 7.82. The van der Waals surface area contributed by atoms with Gasteiger partial charge in [-0.3, -0.25) is 9.59 Å². The molecule has 0 atom stereocenters. The van der Waals surface area contributed by atoms with E-state index in [1.165, 1.54) is 11.3 Å². The topological polar surface area (TPSA) is 79.0 Å². The van der Waals surface area contributed by atoms with Crippen molar-refractivity contribution in [1.29, 1.82) is 0 Å². The van der Waals surface area contributed by atoms with Crippen LogP contribution in [0.25, 0.3) is 21.5 Å². The van der Waals surface area contributed by atoms with Crippen LogP contribution < -0.4 is 5.56 Å². The lowest BCUT2D eigenvalue weighted by atomic mass is 10.2. The smallest absolute Gasteiger partial charge is 0.273 e. The minimum absolute atomic E-state index is 0.0823. The highest BCUT2D eigenvalue weighted by atomic mass is 32.1. The molecule has 1 N–H and O–H groups in total. The Labute approximate surface area is 171 Å². The first-order chi connectivity index (χ1) is 14.0. The number of amides is 1. The van der Waals surface area contributed by atoms with Gasteiger partial charge >= 0.3 is 0 Å². The Kier molecular flexibility index (Phi) is 5.22. The van der Waals surface area contributed by atoms with E-state index in [1.807, 2.05) is 50.2 Å². The molecule has 6 nitrogen and oxygen atoms in total. The third-order valence-electron chi connectivity index (χ3n) is 4.61. The second-order valence-electron chi connectivity index (χ2n) is 6.96. The van der Waals surface area contributed by atoms with Crippen LogP contribution in [0, 0.1) is 0 Å². The molecule has 0 unspecified atom stereocenters. The summed E-state index contributed by atoms with van der Waals surface area (Å²) in [6.45, 7) is 4.07. The molecule has 0 fully saturated rings. The molecule has 0 bridgehead atoms. The van der Waals surface area contributed by atoms with Crippen LogP contribution in [0.2, 0.25) is 0 Å². The molecule has 0 saturated heterocycles. The third kappa shape index (κ3) is 3.95. The molecule has 0 aliphatic rings. The molecule has 29 heavy (non-hydrogen) atoms. The van der Waals surface area contributed by atoms with Gasteiger partial charge in [0.05, 0.1) is 17.4 Å². The van der Waals surface area contributed by atoms with Crippen molar-refractivity contribution in [2.24, 2.45) is 0 Å². The molecule has 2 aromatic carbocycles. The molecule has 1 amide bonds. The van der Waals surface area contributed by atoms with Crippen molar-refractivity contribution in [2.75, 3.05) is 0 Å². The van der Waals surface area contributed by atoms with Crippen LogP contribution in [0.4, 0.5) is 0 Å². The Morgan fingerprint density at radius 2 is 1.79 bits per heavy atom. The van der Waals surface area contributed by atoms with Gasteiger partial charge in [-0.2, -0.15) is 0 Å². The van der Waals surface area contributed by atoms with E-state index in [4.69, 9.17) is 0 Å². The highest BCUT2D eigenvalue weighted by Crippen LogP contribution is 2.24. The molecule has 7 heteroatoms. The van der Waals surface area contributed by atoms with Crippen molar-refractivity contribution in [3.05, 3.63) is 81.8 Å². The number of nitrogens with one attached hydrogen (secondary N) is 1. The number of para-hydroxylation sites is 1. The van der Waals surface area contributed by atoms with Crippen LogP contribution in [-0.2, 0) is 6.54 Å². The number of fused-ring (bicyclic) bond motifs is 1. The molecule has 4 rings (SSSR count). The average molecular weight is 404 g/mol. The summed E-state index contributed by atoms with van der Waals surface area (Å²) in [5.74, 6) is 0.267. The fourth-order valence-electron chi connectivity index (χ4n) is 3.09. The number of nitrogens with zero attached hydrogens (tertiary/aromatic N) is 3. The minimum atomic E-state index is -0.207. The molecule has 2 aromatic heterocycles. The summed E-state index contributed by atoms with van der Waals surface area (Å²) in [4.78, 5) is 39.0. The van der Waals surface area contributed by atoms with Crippen LogP contribution in [0.3, 0.4) is 0 Å². The van der Waals surface area contributed by atoms with Crippen molar-refractivity contribution in [3.63, 3.8) is 0 Å². The monoisotopic (exact) mass is 404 g/mol. The Bertz CT molecular complexity index is 1210. The van der Waals surface area contributed by atoms with Crippen LogP contribution in [0.1, 0.15) is 30.2 Å². The molecule has 146 valence electrons. The van der Waals surface area contributed by atoms with Crippen LogP contribution in [-0.4, -0.2) is 31.8 Å². The summed E-state index contributed by atoms with van der Waals surface area (Å²) in [5.41, 5.74) is 1.78. The highest BCUT2D eigenvalue weighted by molar-refractivity contribution is 7.13. The molecule has 2 heterocycles. The van der Waals surface area contributed by atoms with Gasteiger partial charge in [-0.05, 0) is 26.0 Å². The summed E-state index contributed by atoms with van der Waals surface area (Å²) in [6.07, 6.45) is 0.